The first-order valence-corrected chi connectivity index (χ1v) is 20.0. The van der Waals surface area contributed by atoms with Gasteiger partial charge in [-0.05, 0) is 37.1 Å². The molecular weight excluding hydrogens is 641 g/mol. The molecule has 0 fully saturated rings. The summed E-state index contributed by atoms with van der Waals surface area (Å²) in [5.41, 5.74) is 0. The van der Waals surface area contributed by atoms with Gasteiger partial charge in [0.2, 0.25) is 0 Å². The lowest BCUT2D eigenvalue weighted by molar-refractivity contribution is 0.305. The number of unbranched alkanes of at least 4 members (excludes halogenated alkanes) is 18. The second kappa shape index (κ2) is 32.0. The topological polar surface area (TPSA) is 86.7 Å². The number of rotatable bonds is 26. The Balaban J connectivity index is 0. The Morgan fingerprint density at radius 2 is 0.630 bits per heavy atom. The minimum atomic E-state index is -3.57. The highest BCUT2D eigenvalue weighted by Gasteiger charge is 2.14. The molecule has 10 heteroatoms. The van der Waals surface area contributed by atoms with E-state index in [1.54, 1.807) is 60.7 Å². The van der Waals surface area contributed by atoms with Gasteiger partial charge in [-0.25, -0.2) is 0 Å². The lowest BCUT2D eigenvalue weighted by atomic mass is 10.1. The van der Waals surface area contributed by atoms with E-state index in [2.05, 4.69) is 13.8 Å². The summed E-state index contributed by atoms with van der Waals surface area (Å²) in [7, 11) is -7.14. The maximum atomic E-state index is 11.9. The van der Waals surface area contributed by atoms with Crippen LogP contribution < -0.4 is 0 Å². The molecule has 0 bridgehead atoms. The molecule has 2 aromatic rings. The first kappa shape index (κ1) is 47.9. The molecule has 2 aromatic carbocycles. The van der Waals surface area contributed by atoms with Gasteiger partial charge < -0.3 is 0 Å². The summed E-state index contributed by atoms with van der Waals surface area (Å²) in [5, 5.41) is 0. The van der Waals surface area contributed by atoms with Crippen molar-refractivity contribution < 1.29 is 25.2 Å². The second-order valence-electron chi connectivity index (χ2n) is 11.5. The van der Waals surface area contributed by atoms with Crippen LogP contribution in [-0.4, -0.2) is 76.2 Å². The molecule has 0 atom stereocenters. The van der Waals surface area contributed by atoms with E-state index in [0.29, 0.717) is 0 Å². The highest BCUT2D eigenvalue weighted by molar-refractivity contribution is 7.87. The maximum Gasteiger partial charge on any atom is 0.316 e. The van der Waals surface area contributed by atoms with Crippen molar-refractivity contribution >= 4 is 66.3 Å². The van der Waals surface area contributed by atoms with Crippen LogP contribution in [0.4, 0.5) is 0 Å². The van der Waals surface area contributed by atoms with Crippen LogP contribution in [0.2, 0.25) is 0 Å². The van der Waals surface area contributed by atoms with Crippen LogP contribution in [0.3, 0.4) is 0 Å². The van der Waals surface area contributed by atoms with E-state index in [4.69, 9.17) is 8.37 Å². The normalized spacial score (nSPS) is 11.2. The Labute approximate surface area is 315 Å². The average Bonchev–Trinajstić information content (AvgIpc) is 3.03. The van der Waals surface area contributed by atoms with Gasteiger partial charge in [0, 0.05) is 0 Å². The van der Waals surface area contributed by atoms with Crippen molar-refractivity contribution in [3.63, 3.8) is 0 Å². The predicted octanol–water partition coefficient (Wildman–Crippen LogP) is 8.79. The molecule has 0 unspecified atom stereocenters. The quantitative estimate of drug-likeness (QED) is 0.0553. The van der Waals surface area contributed by atoms with Crippen LogP contribution in [0.5, 0.6) is 0 Å². The van der Waals surface area contributed by atoms with Crippen molar-refractivity contribution in [3.8, 4) is 0 Å². The van der Waals surface area contributed by atoms with E-state index in [1.807, 2.05) is 0 Å². The van der Waals surface area contributed by atoms with Crippen molar-refractivity contribution in [3.05, 3.63) is 60.7 Å². The standard InChI is InChI=1S/2C18H30O3S.2Mg.4H/c2*1-2-3-4-5-6-7-8-9-10-14-17-21-22(19,20)18-15-12-11-13-16-18;;;;;;/h2*11-13,15-16H,2-10,14,17H2,1H3;;;;;;. The highest BCUT2D eigenvalue weighted by atomic mass is 32.2. The smallest absolute Gasteiger partial charge is 0.266 e. The molecule has 46 heavy (non-hydrogen) atoms. The Kier molecular flexibility index (Phi) is 33.4. The van der Waals surface area contributed by atoms with Crippen LogP contribution in [0.1, 0.15) is 142 Å². The molecule has 2 rings (SSSR count). The molecule has 260 valence electrons. The summed E-state index contributed by atoms with van der Waals surface area (Å²) < 4.78 is 57.6. The van der Waals surface area contributed by atoms with Crippen LogP contribution in [-0.2, 0) is 28.6 Å². The Morgan fingerprint density at radius 1 is 0.391 bits per heavy atom. The Bertz CT molecular complexity index is 1040. The van der Waals surface area contributed by atoms with Crippen molar-refractivity contribution in [2.45, 2.75) is 152 Å². The summed E-state index contributed by atoms with van der Waals surface area (Å²) >= 11 is 0. The van der Waals surface area contributed by atoms with Crippen LogP contribution in [0, 0.1) is 0 Å². The van der Waals surface area contributed by atoms with E-state index in [0.717, 1.165) is 25.7 Å². The summed E-state index contributed by atoms with van der Waals surface area (Å²) in [6.07, 6.45) is 24.5. The molecule has 0 aromatic heterocycles. The highest BCUT2D eigenvalue weighted by Crippen LogP contribution is 2.15. The zero-order chi connectivity index (χ0) is 32.2. The van der Waals surface area contributed by atoms with Gasteiger partial charge >= 0.3 is 46.1 Å². The second-order valence-corrected chi connectivity index (χ2v) is 14.8. The third-order valence-electron chi connectivity index (χ3n) is 7.54. The first-order chi connectivity index (χ1) is 21.3. The Morgan fingerprint density at radius 3 is 0.891 bits per heavy atom. The molecule has 0 aliphatic heterocycles. The van der Waals surface area contributed by atoms with Gasteiger partial charge in [0.15, 0.2) is 0 Å². The van der Waals surface area contributed by atoms with Gasteiger partial charge in [-0.15, -0.1) is 0 Å². The van der Waals surface area contributed by atoms with E-state index < -0.39 is 20.2 Å². The van der Waals surface area contributed by atoms with Crippen molar-refractivity contribution in [2.75, 3.05) is 13.2 Å². The maximum absolute atomic E-state index is 11.9. The van der Waals surface area contributed by atoms with E-state index in [-0.39, 0.29) is 69.1 Å². The van der Waals surface area contributed by atoms with E-state index in [9.17, 15) is 16.8 Å². The lowest BCUT2D eigenvalue weighted by Gasteiger charge is -2.05. The van der Waals surface area contributed by atoms with Crippen LogP contribution in [0.25, 0.3) is 0 Å². The monoisotopic (exact) mass is 704 g/mol. The van der Waals surface area contributed by atoms with Gasteiger partial charge in [0.1, 0.15) is 0 Å². The fourth-order valence-electron chi connectivity index (χ4n) is 4.83. The zero-order valence-electron chi connectivity index (χ0n) is 27.6. The molecule has 0 radical (unpaired) electrons. The average molecular weight is 706 g/mol. The molecule has 0 amide bonds. The van der Waals surface area contributed by atoms with E-state index in [1.165, 1.54) is 103 Å². The van der Waals surface area contributed by atoms with Crippen molar-refractivity contribution in [1.82, 2.24) is 0 Å². The third-order valence-corrected chi connectivity index (χ3v) is 10.2. The van der Waals surface area contributed by atoms with Gasteiger partial charge in [-0.2, -0.15) is 16.8 Å². The zero-order valence-corrected chi connectivity index (χ0v) is 29.2. The lowest BCUT2D eigenvalue weighted by Crippen LogP contribution is -2.07. The van der Waals surface area contributed by atoms with Gasteiger partial charge in [0.05, 0.1) is 23.0 Å². The molecule has 0 aliphatic rings. The minimum absolute atomic E-state index is 0. The summed E-state index contributed by atoms with van der Waals surface area (Å²) in [6.45, 7) is 5.04. The summed E-state index contributed by atoms with van der Waals surface area (Å²) in [5.74, 6) is 0. The van der Waals surface area contributed by atoms with Crippen LogP contribution >= 0.6 is 0 Å². The molecule has 6 nitrogen and oxygen atoms in total. The molecule has 0 N–H and O–H groups in total. The fourth-order valence-corrected chi connectivity index (χ4v) is 6.75. The summed E-state index contributed by atoms with van der Waals surface area (Å²) in [6, 6.07) is 16.7. The largest absolute Gasteiger partial charge is 0.316 e. The fraction of sp³-hybridized carbons (Fsp3) is 0.667. The SMILES string of the molecule is CCCCCCCCCCCCOS(=O)(=O)c1ccccc1.CCCCCCCCCCCCOS(=O)(=O)c1ccccc1.[MgH2].[MgH2]. The first-order valence-electron chi connectivity index (χ1n) is 17.2. The number of benzene rings is 2. The molecular formula is C36H64Mg2O6S2. The third kappa shape index (κ3) is 25.8. The minimum Gasteiger partial charge on any atom is -0.266 e. The van der Waals surface area contributed by atoms with Crippen molar-refractivity contribution in [2.24, 2.45) is 0 Å². The Hall–Kier alpha value is -0.208. The number of hydrogen-bond donors (Lipinski definition) is 0. The molecule has 0 aliphatic carbocycles. The summed E-state index contributed by atoms with van der Waals surface area (Å²) in [4.78, 5) is 0.476. The molecule has 0 saturated heterocycles. The number of hydrogen-bond acceptors (Lipinski definition) is 6. The molecule has 0 spiro atoms. The van der Waals surface area contributed by atoms with E-state index >= 15 is 0 Å². The molecule has 0 heterocycles. The molecule has 0 saturated carbocycles. The van der Waals surface area contributed by atoms with Crippen LogP contribution in [0.15, 0.2) is 70.5 Å². The van der Waals surface area contributed by atoms with Gasteiger partial charge in [0.25, 0.3) is 20.2 Å². The van der Waals surface area contributed by atoms with Crippen molar-refractivity contribution in [1.29, 1.82) is 0 Å². The van der Waals surface area contributed by atoms with Gasteiger partial charge in [-0.3, -0.25) is 8.37 Å². The predicted molar refractivity (Wildman–Crippen MR) is 200 cm³/mol. The van der Waals surface area contributed by atoms with Gasteiger partial charge in [-0.1, -0.05) is 166 Å².